The summed E-state index contributed by atoms with van der Waals surface area (Å²) in [6.07, 6.45) is 0. The number of hydrogen-bond acceptors (Lipinski definition) is 2. The van der Waals surface area contributed by atoms with E-state index >= 15 is 0 Å². The molecule has 3 unspecified atom stereocenters. The van der Waals surface area contributed by atoms with E-state index in [2.05, 4.69) is 51.2 Å². The van der Waals surface area contributed by atoms with E-state index in [0.29, 0.717) is 17.9 Å². The van der Waals surface area contributed by atoms with Crippen LogP contribution in [0.15, 0.2) is 24.3 Å². The fourth-order valence-electron chi connectivity index (χ4n) is 2.35. The first-order valence-electron chi connectivity index (χ1n) is 7.04. The lowest BCUT2D eigenvalue weighted by atomic mass is 9.90. The van der Waals surface area contributed by atoms with E-state index in [1.54, 1.807) is 0 Å². The topological polar surface area (TPSA) is 21.3 Å². The van der Waals surface area contributed by atoms with Crippen molar-refractivity contribution >= 4 is 0 Å². The summed E-state index contributed by atoms with van der Waals surface area (Å²) in [5, 5.41) is 3.73. The molecular weight excluding hydrogens is 222 g/mol. The van der Waals surface area contributed by atoms with Gasteiger partial charge in [-0.1, -0.05) is 45.9 Å². The number of nitrogens with one attached hydrogen (secondary N) is 1. The van der Waals surface area contributed by atoms with Crippen LogP contribution in [0.25, 0.3) is 0 Å². The van der Waals surface area contributed by atoms with E-state index in [9.17, 15) is 0 Å². The van der Waals surface area contributed by atoms with Gasteiger partial charge in [0.15, 0.2) is 0 Å². The summed E-state index contributed by atoms with van der Waals surface area (Å²) < 4.78 is 5.78. The van der Waals surface area contributed by atoms with Crippen LogP contribution in [0.3, 0.4) is 0 Å². The molecule has 2 nitrogen and oxygen atoms in total. The molecule has 0 amide bonds. The Balaban J connectivity index is 2.07. The SMILES string of the molecule is CC(C)C(C)CNC1c2ccccc2OCC1C. The van der Waals surface area contributed by atoms with Crippen LogP contribution in [0, 0.1) is 17.8 Å². The molecule has 1 aliphatic heterocycles. The van der Waals surface area contributed by atoms with Gasteiger partial charge in [0.1, 0.15) is 5.75 Å². The monoisotopic (exact) mass is 247 g/mol. The molecule has 100 valence electrons. The third-order valence-corrected chi connectivity index (χ3v) is 4.12. The van der Waals surface area contributed by atoms with Crippen molar-refractivity contribution < 1.29 is 4.74 Å². The lowest BCUT2D eigenvalue weighted by Gasteiger charge is -2.33. The maximum absolute atomic E-state index is 5.78. The molecule has 1 N–H and O–H groups in total. The predicted octanol–water partition coefficient (Wildman–Crippen LogP) is 3.64. The van der Waals surface area contributed by atoms with Crippen LogP contribution < -0.4 is 10.1 Å². The van der Waals surface area contributed by atoms with Crippen molar-refractivity contribution in [3.8, 4) is 5.75 Å². The zero-order valence-corrected chi connectivity index (χ0v) is 11.9. The smallest absolute Gasteiger partial charge is 0.124 e. The minimum absolute atomic E-state index is 0.427. The van der Waals surface area contributed by atoms with Gasteiger partial charge in [0, 0.05) is 17.5 Å². The van der Waals surface area contributed by atoms with E-state index < -0.39 is 0 Å². The largest absolute Gasteiger partial charge is 0.493 e. The van der Waals surface area contributed by atoms with Gasteiger partial charge in [-0.15, -0.1) is 0 Å². The van der Waals surface area contributed by atoms with E-state index in [4.69, 9.17) is 4.74 Å². The molecule has 0 saturated heterocycles. The molecular formula is C16H25NO. The molecule has 1 aromatic carbocycles. The Morgan fingerprint density at radius 1 is 1.28 bits per heavy atom. The molecule has 0 saturated carbocycles. The van der Waals surface area contributed by atoms with Gasteiger partial charge < -0.3 is 10.1 Å². The number of fused-ring (bicyclic) bond motifs is 1. The molecule has 1 heterocycles. The maximum Gasteiger partial charge on any atom is 0.124 e. The van der Waals surface area contributed by atoms with Crippen molar-refractivity contribution in [2.24, 2.45) is 17.8 Å². The maximum atomic E-state index is 5.78. The van der Waals surface area contributed by atoms with Crippen molar-refractivity contribution in [1.82, 2.24) is 5.32 Å². The lowest BCUT2D eigenvalue weighted by Crippen LogP contribution is -2.36. The van der Waals surface area contributed by atoms with E-state index in [0.717, 1.165) is 24.8 Å². The van der Waals surface area contributed by atoms with Gasteiger partial charge in [0.2, 0.25) is 0 Å². The molecule has 0 aromatic heterocycles. The average molecular weight is 247 g/mol. The molecule has 0 aliphatic carbocycles. The van der Waals surface area contributed by atoms with Crippen LogP contribution in [-0.2, 0) is 0 Å². The number of ether oxygens (including phenoxy) is 1. The molecule has 2 rings (SSSR count). The Morgan fingerprint density at radius 2 is 2.00 bits per heavy atom. The summed E-state index contributed by atoms with van der Waals surface area (Å²) in [7, 11) is 0. The first-order chi connectivity index (χ1) is 8.59. The van der Waals surface area contributed by atoms with E-state index in [-0.39, 0.29) is 0 Å². The third-order valence-electron chi connectivity index (χ3n) is 4.12. The summed E-state index contributed by atoms with van der Waals surface area (Å²) in [5.74, 6) is 3.00. The average Bonchev–Trinajstić information content (AvgIpc) is 2.37. The van der Waals surface area contributed by atoms with Crippen LogP contribution >= 0.6 is 0 Å². The lowest BCUT2D eigenvalue weighted by molar-refractivity contribution is 0.183. The van der Waals surface area contributed by atoms with Gasteiger partial charge in [-0.2, -0.15) is 0 Å². The highest BCUT2D eigenvalue weighted by atomic mass is 16.5. The number of hydrogen-bond donors (Lipinski definition) is 1. The molecule has 0 radical (unpaired) electrons. The first kappa shape index (κ1) is 13.4. The minimum Gasteiger partial charge on any atom is -0.493 e. The van der Waals surface area contributed by atoms with E-state index in [1.165, 1.54) is 5.56 Å². The number of para-hydroxylation sites is 1. The summed E-state index contributed by atoms with van der Waals surface area (Å²) in [5.41, 5.74) is 1.31. The number of rotatable bonds is 4. The standard InChI is InChI=1S/C16H25NO/c1-11(2)12(3)9-17-16-13(4)10-18-15-8-6-5-7-14(15)16/h5-8,11-13,16-17H,9-10H2,1-4H3. The second-order valence-electron chi connectivity index (χ2n) is 5.93. The molecule has 0 spiro atoms. The Kier molecular flexibility index (Phi) is 4.28. The normalized spacial score (nSPS) is 24.5. The fraction of sp³-hybridized carbons (Fsp3) is 0.625. The first-order valence-corrected chi connectivity index (χ1v) is 7.04. The van der Waals surface area contributed by atoms with Crippen LogP contribution in [0.2, 0.25) is 0 Å². The Bertz CT molecular complexity index is 388. The second kappa shape index (κ2) is 5.75. The number of benzene rings is 1. The Hall–Kier alpha value is -1.02. The Labute approximate surface area is 111 Å². The van der Waals surface area contributed by atoms with E-state index in [1.807, 2.05) is 6.07 Å². The van der Waals surface area contributed by atoms with Gasteiger partial charge in [-0.3, -0.25) is 0 Å². The second-order valence-corrected chi connectivity index (χ2v) is 5.93. The third kappa shape index (κ3) is 2.86. The van der Waals surface area contributed by atoms with Gasteiger partial charge in [-0.25, -0.2) is 0 Å². The van der Waals surface area contributed by atoms with Gasteiger partial charge >= 0.3 is 0 Å². The van der Waals surface area contributed by atoms with Crippen molar-refractivity contribution in [2.45, 2.75) is 33.7 Å². The highest BCUT2D eigenvalue weighted by molar-refractivity contribution is 5.37. The summed E-state index contributed by atoms with van der Waals surface area (Å²) in [6, 6.07) is 8.82. The van der Waals surface area contributed by atoms with Crippen LogP contribution in [0.4, 0.5) is 0 Å². The fourth-order valence-corrected chi connectivity index (χ4v) is 2.35. The highest BCUT2D eigenvalue weighted by Gasteiger charge is 2.27. The Morgan fingerprint density at radius 3 is 2.72 bits per heavy atom. The van der Waals surface area contributed by atoms with Gasteiger partial charge in [0.05, 0.1) is 6.61 Å². The molecule has 18 heavy (non-hydrogen) atoms. The van der Waals surface area contributed by atoms with Crippen LogP contribution in [0.5, 0.6) is 5.75 Å². The van der Waals surface area contributed by atoms with Crippen LogP contribution in [-0.4, -0.2) is 13.2 Å². The highest BCUT2D eigenvalue weighted by Crippen LogP contribution is 2.35. The predicted molar refractivity (Wildman–Crippen MR) is 75.8 cm³/mol. The zero-order valence-electron chi connectivity index (χ0n) is 11.9. The van der Waals surface area contributed by atoms with Crippen molar-refractivity contribution in [2.75, 3.05) is 13.2 Å². The van der Waals surface area contributed by atoms with Crippen molar-refractivity contribution in [3.63, 3.8) is 0 Å². The molecule has 2 heteroatoms. The summed E-state index contributed by atoms with van der Waals surface area (Å²) >= 11 is 0. The van der Waals surface area contributed by atoms with Crippen molar-refractivity contribution in [3.05, 3.63) is 29.8 Å². The molecule has 0 bridgehead atoms. The van der Waals surface area contributed by atoms with Gasteiger partial charge in [-0.05, 0) is 24.4 Å². The molecule has 1 aromatic rings. The minimum atomic E-state index is 0.427. The molecule has 3 atom stereocenters. The van der Waals surface area contributed by atoms with Gasteiger partial charge in [0.25, 0.3) is 0 Å². The quantitative estimate of drug-likeness (QED) is 0.877. The zero-order chi connectivity index (χ0) is 13.1. The summed E-state index contributed by atoms with van der Waals surface area (Å²) in [6.45, 7) is 11.0. The molecule has 1 aliphatic rings. The molecule has 0 fully saturated rings. The summed E-state index contributed by atoms with van der Waals surface area (Å²) in [4.78, 5) is 0. The van der Waals surface area contributed by atoms with Crippen molar-refractivity contribution in [1.29, 1.82) is 0 Å². The van der Waals surface area contributed by atoms with Crippen LogP contribution in [0.1, 0.15) is 39.3 Å².